The van der Waals surface area contributed by atoms with Crippen LogP contribution in [0.4, 0.5) is 17.8 Å². The first-order valence-corrected chi connectivity index (χ1v) is 26.0. The van der Waals surface area contributed by atoms with E-state index >= 15 is 0 Å². The number of hydrogen-bond donors (Lipinski definition) is 3. The molecule has 17 heteroatoms. The molecule has 74 heavy (non-hydrogen) atoms. The van der Waals surface area contributed by atoms with Crippen molar-refractivity contribution in [3.63, 3.8) is 0 Å². The van der Waals surface area contributed by atoms with Gasteiger partial charge in [-0.15, -0.1) is 11.3 Å². The molecule has 1 saturated heterocycles. The predicted molar refractivity (Wildman–Crippen MR) is 295 cm³/mol. The zero-order valence-electron chi connectivity index (χ0n) is 42.1. The van der Waals surface area contributed by atoms with Crippen LogP contribution in [0.2, 0.25) is 0 Å². The third-order valence-corrected chi connectivity index (χ3v) is 13.6. The Morgan fingerprint density at radius 3 is 1.81 bits per heavy atom. The van der Waals surface area contributed by atoms with Gasteiger partial charge in [0.25, 0.3) is 17.7 Å². The molecule has 380 valence electrons. The molecule has 8 aromatic rings. The number of rotatable bonds is 17. The summed E-state index contributed by atoms with van der Waals surface area (Å²) in [6.45, 7) is 11.3. The van der Waals surface area contributed by atoms with E-state index < -0.39 is 17.7 Å². The number of carbonyl (C=O) groups is 3. The number of primary amides is 3. The van der Waals surface area contributed by atoms with Crippen LogP contribution in [-0.4, -0.2) is 86.9 Å². The zero-order valence-corrected chi connectivity index (χ0v) is 42.9. The molecule has 0 bridgehead atoms. The number of anilines is 3. The predicted octanol–water partition coefficient (Wildman–Crippen LogP) is 10.2. The van der Waals surface area contributed by atoms with E-state index in [0.29, 0.717) is 29.3 Å². The lowest BCUT2D eigenvalue weighted by atomic mass is 10.1. The van der Waals surface area contributed by atoms with Gasteiger partial charge >= 0.3 is 0 Å². The van der Waals surface area contributed by atoms with Crippen LogP contribution >= 0.6 is 11.3 Å². The Balaban J connectivity index is 0.000000149. The Morgan fingerprint density at radius 2 is 1.18 bits per heavy atom. The van der Waals surface area contributed by atoms with Crippen LogP contribution < -0.4 is 36.6 Å². The Morgan fingerprint density at radius 1 is 0.608 bits per heavy atom. The van der Waals surface area contributed by atoms with Gasteiger partial charge in [0.2, 0.25) is 17.8 Å². The van der Waals surface area contributed by atoms with Gasteiger partial charge in [0.05, 0.1) is 22.0 Å². The van der Waals surface area contributed by atoms with Crippen LogP contribution in [0, 0.1) is 5.92 Å². The van der Waals surface area contributed by atoms with Gasteiger partial charge in [-0.2, -0.15) is 0 Å². The normalized spacial score (nSPS) is 12.9. The van der Waals surface area contributed by atoms with Crippen LogP contribution in [0.15, 0.2) is 133 Å². The van der Waals surface area contributed by atoms with Crippen molar-refractivity contribution in [3.8, 4) is 44.6 Å². The monoisotopic (exact) mass is 1010 g/mol. The molecule has 0 unspecified atom stereocenters. The van der Waals surface area contributed by atoms with Gasteiger partial charge in [0.1, 0.15) is 28.6 Å². The number of amides is 3. The average Bonchev–Trinajstić information content (AvgIpc) is 4.15. The van der Waals surface area contributed by atoms with Crippen molar-refractivity contribution >= 4 is 57.0 Å². The quantitative estimate of drug-likeness (QED) is 0.0773. The maximum atomic E-state index is 11.9. The van der Waals surface area contributed by atoms with Crippen molar-refractivity contribution in [2.45, 2.75) is 59.3 Å². The number of hydrogen-bond acceptors (Lipinski definition) is 14. The van der Waals surface area contributed by atoms with E-state index in [0.717, 1.165) is 103 Å². The summed E-state index contributed by atoms with van der Waals surface area (Å²) in [4.78, 5) is 69.6. The van der Waals surface area contributed by atoms with E-state index in [1.165, 1.54) is 24.0 Å². The number of aromatic nitrogens is 6. The van der Waals surface area contributed by atoms with E-state index in [9.17, 15) is 14.4 Å². The molecule has 1 aliphatic heterocycles. The first-order chi connectivity index (χ1) is 36.0. The first-order valence-electron chi connectivity index (χ1n) is 25.2. The highest BCUT2D eigenvalue weighted by atomic mass is 32.1. The third kappa shape index (κ3) is 13.6. The summed E-state index contributed by atoms with van der Waals surface area (Å²) in [5, 5.41) is 1.16. The number of ether oxygens (including phenoxy) is 1. The number of carbonyl (C=O) groups excluding carboxylic acids is 3. The maximum absolute atomic E-state index is 11.9. The highest BCUT2D eigenvalue weighted by molar-refractivity contribution is 7.22. The minimum atomic E-state index is -0.566. The SMILES string of the molecule is CCCN(CC1CC1)c1nc(C(N)=O)cc(-c2ccccc2)n1.CCN(CC)c1nc(C(N)=O)cc(-c2cc3ccccc3s2)n1.NC(=O)c1cc(-c2ccccc2Oc2ccccc2)nc(N2CCCCC2)n1. The topological polar surface area (TPSA) is 226 Å². The molecule has 1 aliphatic carbocycles. The number of benzene rings is 4. The second-order valence-corrected chi connectivity index (χ2v) is 19.0. The number of thiophene rings is 1. The Hall–Kier alpha value is -8.31. The summed E-state index contributed by atoms with van der Waals surface area (Å²) in [5.41, 5.74) is 21.0. The lowest BCUT2D eigenvalue weighted by molar-refractivity contribution is 0.0987. The van der Waals surface area contributed by atoms with Crippen molar-refractivity contribution in [1.29, 1.82) is 0 Å². The summed E-state index contributed by atoms with van der Waals surface area (Å²) < 4.78 is 7.25. The van der Waals surface area contributed by atoms with Crippen molar-refractivity contribution in [3.05, 3.63) is 151 Å². The standard InChI is InChI=1S/C22H22N4O2.C18H22N4O.C17H18N4OS/c23-21(27)19-15-18(24-22(25-19)26-13-7-2-8-14-26)17-11-5-6-12-20(17)28-16-9-3-1-4-10-16;1-2-10-22(12-13-8-9-13)18-20-15(11-16(21-18)17(19)23)14-6-4-3-5-7-14;1-3-21(4-2)17-19-12(10-13(20-17)16(18)22)15-9-11-7-5-6-8-14(11)23-15/h1,3-6,9-12,15H,2,7-8,13-14H2,(H2,23,27);3-7,11,13H,2,8-10,12H2,1H3,(H2,19,23);5-10H,3-4H2,1-2H3,(H2,18,22). The largest absolute Gasteiger partial charge is 0.457 e. The fourth-order valence-corrected chi connectivity index (χ4v) is 9.40. The summed E-state index contributed by atoms with van der Waals surface area (Å²) >= 11 is 1.65. The molecule has 0 atom stereocenters. The van der Waals surface area contributed by atoms with Crippen molar-refractivity contribution in [2.24, 2.45) is 23.1 Å². The van der Waals surface area contributed by atoms with Crippen LogP contribution in [0.5, 0.6) is 11.5 Å². The average molecular weight is 1010 g/mol. The zero-order chi connectivity index (χ0) is 52.0. The molecule has 5 heterocycles. The molecule has 16 nitrogen and oxygen atoms in total. The third-order valence-electron chi connectivity index (χ3n) is 12.4. The van der Waals surface area contributed by atoms with Gasteiger partial charge in [-0.1, -0.05) is 85.8 Å². The second-order valence-electron chi connectivity index (χ2n) is 17.9. The molecule has 1 saturated carbocycles. The summed E-state index contributed by atoms with van der Waals surface area (Å²) in [7, 11) is 0. The smallest absolute Gasteiger partial charge is 0.267 e. The van der Waals surface area contributed by atoms with Gasteiger partial charge in [-0.3, -0.25) is 14.4 Å². The van der Waals surface area contributed by atoms with Gasteiger partial charge in [0, 0.05) is 55.1 Å². The summed E-state index contributed by atoms with van der Waals surface area (Å²) in [5.74, 6) is 2.18. The minimum absolute atomic E-state index is 0.208. The van der Waals surface area contributed by atoms with Gasteiger partial charge in [0.15, 0.2) is 0 Å². The maximum Gasteiger partial charge on any atom is 0.267 e. The van der Waals surface area contributed by atoms with Gasteiger partial charge < -0.3 is 36.6 Å². The molecule has 4 aromatic heterocycles. The summed E-state index contributed by atoms with van der Waals surface area (Å²) in [6.07, 6.45) is 6.92. The fraction of sp³-hybridized carbons (Fsp3) is 0.281. The minimum Gasteiger partial charge on any atom is -0.457 e. The van der Waals surface area contributed by atoms with Crippen LogP contribution in [0.25, 0.3) is 43.2 Å². The molecular weight excluding hydrogens is 949 g/mol. The second kappa shape index (κ2) is 24.9. The molecule has 0 radical (unpaired) electrons. The molecule has 0 spiro atoms. The van der Waals surface area contributed by atoms with Crippen LogP contribution in [0.1, 0.15) is 90.8 Å². The lowest BCUT2D eigenvalue weighted by Crippen LogP contribution is -2.31. The fourth-order valence-electron chi connectivity index (χ4n) is 8.37. The molecule has 2 aliphatic rings. The number of nitrogens with zero attached hydrogens (tertiary/aromatic N) is 9. The Kier molecular flexibility index (Phi) is 17.5. The molecular formula is C57H62N12O4S. The van der Waals surface area contributed by atoms with Crippen molar-refractivity contribution < 1.29 is 19.1 Å². The number of para-hydroxylation sites is 2. The highest BCUT2D eigenvalue weighted by Gasteiger charge is 2.26. The lowest BCUT2D eigenvalue weighted by Gasteiger charge is -2.27. The molecule has 10 rings (SSSR count). The van der Waals surface area contributed by atoms with Crippen LogP contribution in [-0.2, 0) is 0 Å². The highest BCUT2D eigenvalue weighted by Crippen LogP contribution is 2.36. The van der Waals surface area contributed by atoms with E-state index in [-0.39, 0.29) is 17.1 Å². The number of nitrogens with two attached hydrogens (primary N) is 3. The van der Waals surface area contributed by atoms with E-state index in [4.69, 9.17) is 31.9 Å². The summed E-state index contributed by atoms with van der Waals surface area (Å²) in [6, 6.07) is 42.2. The van der Waals surface area contributed by atoms with Gasteiger partial charge in [-0.25, -0.2) is 29.9 Å². The van der Waals surface area contributed by atoms with Crippen LogP contribution in [0.3, 0.4) is 0 Å². The van der Waals surface area contributed by atoms with E-state index in [2.05, 4.69) is 54.9 Å². The Bertz CT molecular complexity index is 3150. The van der Waals surface area contributed by atoms with Crippen molar-refractivity contribution in [2.75, 3.05) is 54.0 Å². The number of fused-ring (bicyclic) bond motifs is 1. The number of piperidine rings is 1. The van der Waals surface area contributed by atoms with Gasteiger partial charge in [-0.05, 0) is 118 Å². The molecule has 4 aromatic carbocycles. The molecule has 6 N–H and O–H groups in total. The van der Waals surface area contributed by atoms with E-state index in [1.54, 1.807) is 29.5 Å². The van der Waals surface area contributed by atoms with E-state index in [1.807, 2.05) is 116 Å². The molecule has 3 amide bonds. The Labute approximate surface area is 435 Å². The molecule has 2 fully saturated rings. The van der Waals surface area contributed by atoms with Crippen molar-refractivity contribution in [1.82, 2.24) is 29.9 Å². The first kappa shape index (κ1) is 52.0.